The molecule has 0 saturated carbocycles. The quantitative estimate of drug-likeness (QED) is 0.557. The van der Waals surface area contributed by atoms with Crippen molar-refractivity contribution in [3.63, 3.8) is 0 Å². The summed E-state index contributed by atoms with van der Waals surface area (Å²) in [5.41, 5.74) is 0. The van der Waals surface area contributed by atoms with E-state index in [1.54, 1.807) is 0 Å². The maximum atomic E-state index is 11.5. The molecule has 92 valence electrons. The molecule has 0 aromatic heterocycles. The molecule has 0 aromatic carbocycles. The third-order valence-corrected chi connectivity index (χ3v) is 3.68. The van der Waals surface area contributed by atoms with Gasteiger partial charge < -0.3 is 9.47 Å². The number of ether oxygens (including phenoxy) is 2. The van der Waals surface area contributed by atoms with E-state index in [1.807, 2.05) is 0 Å². The van der Waals surface area contributed by atoms with Gasteiger partial charge in [-0.25, -0.2) is 0 Å². The molecule has 3 unspecified atom stereocenters. The van der Waals surface area contributed by atoms with Gasteiger partial charge in [0.1, 0.15) is 12.4 Å². The number of fused-ring (bicyclic) bond motifs is 2. The van der Waals surface area contributed by atoms with Crippen molar-refractivity contribution >= 4 is 16.1 Å². The third kappa shape index (κ3) is 2.72. The fourth-order valence-corrected chi connectivity index (χ4v) is 2.53. The Morgan fingerprint density at radius 3 is 2.69 bits per heavy atom. The number of rotatable bonds is 4. The molecule has 3 atom stereocenters. The standard InChI is InChI=1S/C9H14O6S/c10-9(14-3-4-16(11,12)13)7-5-6-1-2-8(7)15-6/h6-8H,1-5H2,(H,11,12,13). The Kier molecular flexibility index (Phi) is 3.18. The molecule has 7 heteroatoms. The largest absolute Gasteiger partial charge is 0.464 e. The second-order valence-electron chi connectivity index (χ2n) is 4.17. The van der Waals surface area contributed by atoms with Crippen molar-refractivity contribution in [1.82, 2.24) is 0 Å². The minimum absolute atomic E-state index is 0.0665. The highest BCUT2D eigenvalue weighted by molar-refractivity contribution is 7.85. The topological polar surface area (TPSA) is 89.9 Å². The SMILES string of the molecule is O=C(OCCS(=O)(=O)O)C1CC2CCC1O2. The van der Waals surface area contributed by atoms with Crippen molar-refractivity contribution in [2.75, 3.05) is 12.4 Å². The minimum Gasteiger partial charge on any atom is -0.464 e. The first-order valence-electron chi connectivity index (χ1n) is 5.23. The van der Waals surface area contributed by atoms with Gasteiger partial charge in [0.2, 0.25) is 0 Å². The Morgan fingerprint density at radius 2 is 2.19 bits per heavy atom. The van der Waals surface area contributed by atoms with Crippen molar-refractivity contribution in [3.05, 3.63) is 0 Å². The average molecular weight is 250 g/mol. The van der Waals surface area contributed by atoms with E-state index in [2.05, 4.69) is 0 Å². The highest BCUT2D eigenvalue weighted by atomic mass is 32.2. The number of carbonyl (C=O) groups excluding carboxylic acids is 1. The first-order chi connectivity index (χ1) is 7.46. The first-order valence-corrected chi connectivity index (χ1v) is 6.84. The molecule has 2 heterocycles. The van der Waals surface area contributed by atoms with Crippen LogP contribution in [0.15, 0.2) is 0 Å². The number of esters is 1. The lowest BCUT2D eigenvalue weighted by molar-refractivity contribution is -0.149. The smallest absolute Gasteiger partial charge is 0.311 e. The maximum absolute atomic E-state index is 11.5. The van der Waals surface area contributed by atoms with E-state index in [9.17, 15) is 13.2 Å². The van der Waals surface area contributed by atoms with E-state index in [0.717, 1.165) is 12.8 Å². The molecule has 0 spiro atoms. The molecule has 2 fully saturated rings. The van der Waals surface area contributed by atoms with Gasteiger partial charge in [-0.2, -0.15) is 8.42 Å². The summed E-state index contributed by atoms with van der Waals surface area (Å²) < 4.78 is 39.5. The van der Waals surface area contributed by atoms with Gasteiger partial charge in [-0.05, 0) is 19.3 Å². The van der Waals surface area contributed by atoms with Crippen LogP contribution in [-0.4, -0.2) is 43.5 Å². The predicted octanol–water partition coefficient (Wildman–Crippen LogP) is -0.0151. The third-order valence-electron chi connectivity index (χ3n) is 2.99. The van der Waals surface area contributed by atoms with Crippen molar-refractivity contribution < 1.29 is 27.2 Å². The van der Waals surface area contributed by atoms with Gasteiger partial charge in [0.25, 0.3) is 10.1 Å². The van der Waals surface area contributed by atoms with E-state index >= 15 is 0 Å². The fraction of sp³-hybridized carbons (Fsp3) is 0.889. The molecule has 1 N–H and O–H groups in total. The van der Waals surface area contributed by atoms with Gasteiger partial charge in [0.15, 0.2) is 0 Å². The summed E-state index contributed by atoms with van der Waals surface area (Å²) in [7, 11) is -4.06. The maximum Gasteiger partial charge on any atom is 0.311 e. The predicted molar refractivity (Wildman–Crippen MR) is 53.4 cm³/mol. The summed E-state index contributed by atoms with van der Waals surface area (Å²) >= 11 is 0. The molecular weight excluding hydrogens is 236 g/mol. The van der Waals surface area contributed by atoms with Crippen LogP contribution >= 0.6 is 0 Å². The van der Waals surface area contributed by atoms with Crippen LogP contribution in [0.3, 0.4) is 0 Å². The molecule has 6 nitrogen and oxygen atoms in total. The molecule has 2 aliphatic rings. The van der Waals surface area contributed by atoms with Crippen LogP contribution in [0.5, 0.6) is 0 Å². The molecule has 0 aromatic rings. The Hall–Kier alpha value is -0.660. The molecule has 0 radical (unpaired) electrons. The molecule has 0 aliphatic carbocycles. The molecule has 16 heavy (non-hydrogen) atoms. The minimum atomic E-state index is -4.06. The Labute approximate surface area is 93.7 Å². The highest BCUT2D eigenvalue weighted by Crippen LogP contribution is 2.39. The summed E-state index contributed by atoms with van der Waals surface area (Å²) in [4.78, 5) is 11.5. The van der Waals surface area contributed by atoms with Crippen LogP contribution in [0.25, 0.3) is 0 Å². The Bertz CT molecular complexity index is 375. The molecule has 0 amide bonds. The normalized spacial score (nSPS) is 32.9. The number of carbonyl (C=O) groups is 1. The van der Waals surface area contributed by atoms with Gasteiger partial charge in [0, 0.05) is 0 Å². The molecule has 2 bridgehead atoms. The van der Waals surface area contributed by atoms with Crippen molar-refractivity contribution in [1.29, 1.82) is 0 Å². The summed E-state index contributed by atoms with van der Waals surface area (Å²) in [6.07, 6.45) is 2.60. The Balaban J connectivity index is 1.77. The summed E-state index contributed by atoms with van der Waals surface area (Å²) in [5.74, 6) is -1.24. The molecular formula is C9H14O6S. The molecule has 2 saturated heterocycles. The highest BCUT2D eigenvalue weighted by Gasteiger charge is 2.45. The zero-order valence-electron chi connectivity index (χ0n) is 8.66. The van der Waals surface area contributed by atoms with Crippen LogP contribution in [0.1, 0.15) is 19.3 Å². The van der Waals surface area contributed by atoms with Crippen LogP contribution < -0.4 is 0 Å². The van der Waals surface area contributed by atoms with Gasteiger partial charge in [-0.15, -0.1) is 0 Å². The fourth-order valence-electron chi connectivity index (χ4n) is 2.24. The zero-order valence-corrected chi connectivity index (χ0v) is 9.48. The average Bonchev–Trinajstić information content (AvgIpc) is 2.76. The lowest BCUT2D eigenvalue weighted by Crippen LogP contribution is -2.28. The first kappa shape index (κ1) is 11.8. The van der Waals surface area contributed by atoms with Crippen LogP contribution in [0.2, 0.25) is 0 Å². The Morgan fingerprint density at radius 1 is 1.44 bits per heavy atom. The van der Waals surface area contributed by atoms with Crippen molar-refractivity contribution in [2.24, 2.45) is 5.92 Å². The summed E-state index contributed by atoms with van der Waals surface area (Å²) in [6, 6.07) is 0. The van der Waals surface area contributed by atoms with E-state index in [4.69, 9.17) is 14.0 Å². The van der Waals surface area contributed by atoms with Crippen LogP contribution in [0, 0.1) is 5.92 Å². The number of hydrogen-bond donors (Lipinski definition) is 1. The van der Waals surface area contributed by atoms with Gasteiger partial charge in [-0.3, -0.25) is 9.35 Å². The van der Waals surface area contributed by atoms with Crippen molar-refractivity contribution in [3.8, 4) is 0 Å². The van der Waals surface area contributed by atoms with E-state index < -0.39 is 21.8 Å². The van der Waals surface area contributed by atoms with Crippen LogP contribution in [0.4, 0.5) is 0 Å². The monoisotopic (exact) mass is 250 g/mol. The van der Waals surface area contributed by atoms with Gasteiger partial charge in [0.05, 0.1) is 18.1 Å². The lowest BCUT2D eigenvalue weighted by atomic mass is 9.89. The van der Waals surface area contributed by atoms with Gasteiger partial charge in [-0.1, -0.05) is 0 Å². The van der Waals surface area contributed by atoms with E-state index in [0.29, 0.717) is 6.42 Å². The van der Waals surface area contributed by atoms with Crippen LogP contribution in [-0.2, 0) is 24.4 Å². The molecule has 2 rings (SSSR count). The van der Waals surface area contributed by atoms with E-state index in [1.165, 1.54) is 0 Å². The van der Waals surface area contributed by atoms with E-state index in [-0.39, 0.29) is 24.7 Å². The second kappa shape index (κ2) is 4.31. The second-order valence-corrected chi connectivity index (χ2v) is 5.74. The lowest BCUT2D eigenvalue weighted by Gasteiger charge is -2.16. The number of hydrogen-bond acceptors (Lipinski definition) is 5. The summed E-state index contributed by atoms with van der Waals surface area (Å²) in [6.45, 7) is -0.300. The zero-order chi connectivity index (χ0) is 11.8. The van der Waals surface area contributed by atoms with Gasteiger partial charge >= 0.3 is 5.97 Å². The summed E-state index contributed by atoms with van der Waals surface area (Å²) in [5, 5.41) is 0. The molecule has 2 aliphatic heterocycles. The van der Waals surface area contributed by atoms with Crippen molar-refractivity contribution in [2.45, 2.75) is 31.5 Å².